The number of aliphatic carboxylic acids is 1. The van der Waals surface area contributed by atoms with E-state index >= 15 is 0 Å². The molecule has 2 fully saturated rings. The van der Waals surface area contributed by atoms with Gasteiger partial charge in [-0.1, -0.05) is 11.8 Å². The van der Waals surface area contributed by atoms with Gasteiger partial charge in [-0.15, -0.1) is 0 Å². The Kier molecular flexibility index (Phi) is 5.80. The molecule has 3 aliphatic rings. The Morgan fingerprint density at radius 3 is 2.59 bits per heavy atom. The molecule has 1 unspecified atom stereocenters. The van der Waals surface area contributed by atoms with Crippen LogP contribution in [-0.4, -0.2) is 89.8 Å². The van der Waals surface area contributed by atoms with Gasteiger partial charge in [0.25, 0.3) is 0 Å². The Labute approximate surface area is 187 Å². The smallest absolute Gasteiger partial charge is 0.328 e. The molecule has 32 heavy (non-hydrogen) atoms. The predicted molar refractivity (Wildman–Crippen MR) is 115 cm³/mol. The number of nitrogens with zero attached hydrogens (tertiary/aromatic N) is 3. The molecule has 0 bridgehead atoms. The van der Waals surface area contributed by atoms with Crippen molar-refractivity contribution in [1.29, 1.82) is 0 Å². The zero-order valence-electron chi connectivity index (χ0n) is 18.0. The summed E-state index contributed by atoms with van der Waals surface area (Å²) in [5, 5.41) is 9.36. The lowest BCUT2D eigenvalue weighted by Gasteiger charge is -2.45. The van der Waals surface area contributed by atoms with Crippen molar-refractivity contribution in [2.24, 2.45) is 5.92 Å². The van der Waals surface area contributed by atoms with E-state index < -0.39 is 20.6 Å². The Hall–Kier alpha value is -2.79. The monoisotopic (exact) mass is 459 g/mol. The van der Waals surface area contributed by atoms with E-state index in [1.54, 1.807) is 12.3 Å². The van der Waals surface area contributed by atoms with Crippen LogP contribution in [-0.2, 0) is 25.9 Å². The van der Waals surface area contributed by atoms with Crippen molar-refractivity contribution >= 4 is 21.8 Å². The van der Waals surface area contributed by atoms with Gasteiger partial charge in [0.2, 0.25) is 0 Å². The van der Waals surface area contributed by atoms with Crippen LogP contribution < -0.4 is 0 Å². The molecule has 0 radical (unpaired) electrons. The molecule has 1 amide bonds. The number of carboxylic acid groups (broad SMARTS) is 1. The van der Waals surface area contributed by atoms with E-state index in [0.29, 0.717) is 17.5 Å². The predicted octanol–water partition coefficient (Wildman–Crippen LogP) is 0.235. The number of sulfone groups is 1. The number of carbonyl (C=O) groups excluding carboxylic acids is 1. The maximum atomic E-state index is 12.6. The lowest BCUT2D eigenvalue weighted by Crippen LogP contribution is -2.58. The van der Waals surface area contributed by atoms with Gasteiger partial charge in [0.1, 0.15) is 0 Å². The van der Waals surface area contributed by atoms with Gasteiger partial charge in [-0.05, 0) is 31.3 Å². The third-order valence-corrected chi connectivity index (χ3v) is 8.47. The summed E-state index contributed by atoms with van der Waals surface area (Å²) in [7, 11) is -3.84. The van der Waals surface area contributed by atoms with Gasteiger partial charge < -0.3 is 14.7 Å². The number of rotatable bonds is 6. The fraction of sp³-hybridized carbons (Fsp3) is 0.545. The first-order chi connectivity index (χ1) is 15.1. The van der Waals surface area contributed by atoms with Crippen LogP contribution in [0, 0.1) is 29.6 Å². The molecule has 10 heteroatoms. The maximum absolute atomic E-state index is 12.6. The third kappa shape index (κ3) is 4.14. The lowest BCUT2D eigenvalue weighted by molar-refractivity contribution is -0.139. The van der Waals surface area contributed by atoms with Crippen LogP contribution in [0.4, 0.5) is 4.79 Å². The number of carbonyl (C=O) groups is 2. The standard InChI is InChI=1S/C22H25N3O6S/c1-22(20(26)27,32(2,29)30)7-8-23-13-18-9-16(12-25(18)21(23)28)5-3-4-6-17-10-24(11-17)19-14-31-15-19/h9,12,17,19H,7-8,10-11,13-15H2,1-2H3,(H,26,27). The summed E-state index contributed by atoms with van der Waals surface area (Å²) < 4.78 is 28.6. The Morgan fingerprint density at radius 1 is 1.31 bits per heavy atom. The molecule has 0 aliphatic carbocycles. The van der Waals surface area contributed by atoms with Gasteiger partial charge in [0.15, 0.2) is 14.6 Å². The zero-order chi connectivity index (χ0) is 23.1. The first-order valence-electron chi connectivity index (χ1n) is 10.4. The number of hydrogen-bond donors (Lipinski definition) is 1. The number of hydrogen-bond acceptors (Lipinski definition) is 6. The van der Waals surface area contributed by atoms with E-state index in [0.717, 1.165) is 38.3 Å². The molecular formula is C22H25N3O6S. The normalized spacial score (nSPS) is 20.8. The van der Waals surface area contributed by atoms with Crippen LogP contribution in [0.2, 0.25) is 0 Å². The van der Waals surface area contributed by atoms with Crippen molar-refractivity contribution in [1.82, 2.24) is 14.4 Å². The molecule has 0 spiro atoms. The van der Waals surface area contributed by atoms with Crippen LogP contribution in [0.15, 0.2) is 12.3 Å². The van der Waals surface area contributed by atoms with E-state index in [4.69, 9.17) is 4.74 Å². The molecule has 4 rings (SSSR count). The van der Waals surface area contributed by atoms with Gasteiger partial charge in [-0.2, -0.15) is 0 Å². The summed E-state index contributed by atoms with van der Waals surface area (Å²) in [6, 6.07) is 2.01. The van der Waals surface area contributed by atoms with Gasteiger partial charge in [-0.3, -0.25) is 14.3 Å². The van der Waals surface area contributed by atoms with Gasteiger partial charge >= 0.3 is 12.0 Å². The third-order valence-electron chi connectivity index (χ3n) is 6.45. The molecule has 9 nitrogen and oxygen atoms in total. The zero-order valence-corrected chi connectivity index (χ0v) is 18.8. The molecular weight excluding hydrogens is 434 g/mol. The first kappa shape index (κ1) is 22.4. The maximum Gasteiger partial charge on any atom is 0.328 e. The van der Waals surface area contributed by atoms with Crippen molar-refractivity contribution in [2.75, 3.05) is 39.1 Å². The molecule has 2 saturated heterocycles. The second-order valence-electron chi connectivity index (χ2n) is 8.71. The van der Waals surface area contributed by atoms with E-state index in [9.17, 15) is 23.1 Å². The minimum absolute atomic E-state index is 0.0221. The fourth-order valence-corrected chi connectivity index (χ4v) is 4.62. The first-order valence-corrected chi connectivity index (χ1v) is 12.2. The molecule has 1 N–H and O–H groups in total. The summed E-state index contributed by atoms with van der Waals surface area (Å²) in [6.45, 7) is 4.99. The van der Waals surface area contributed by atoms with Crippen molar-refractivity contribution in [3.8, 4) is 23.7 Å². The number of likely N-dealkylation sites (tertiary alicyclic amines) is 1. The number of carboxylic acids is 1. The molecule has 4 heterocycles. The Balaban J connectivity index is 1.32. The van der Waals surface area contributed by atoms with Crippen LogP contribution in [0.5, 0.6) is 0 Å². The number of fused-ring (bicyclic) bond motifs is 1. The lowest BCUT2D eigenvalue weighted by atomic mass is 9.97. The van der Waals surface area contributed by atoms with Crippen molar-refractivity contribution in [3.05, 3.63) is 23.5 Å². The van der Waals surface area contributed by atoms with Crippen LogP contribution in [0.25, 0.3) is 0 Å². The van der Waals surface area contributed by atoms with Gasteiger partial charge in [0, 0.05) is 49.3 Å². The quantitative estimate of drug-likeness (QED) is 0.607. The summed E-state index contributed by atoms with van der Waals surface area (Å²) >= 11 is 0. The van der Waals surface area contributed by atoms with Gasteiger partial charge in [-0.25, -0.2) is 13.2 Å². The summed E-state index contributed by atoms with van der Waals surface area (Å²) in [6.07, 6.45) is 2.34. The van der Waals surface area contributed by atoms with Crippen molar-refractivity contribution < 1.29 is 27.9 Å². The molecule has 0 saturated carbocycles. The van der Waals surface area contributed by atoms with Crippen LogP contribution in [0.1, 0.15) is 24.6 Å². The average Bonchev–Trinajstić information content (AvgIpc) is 3.16. The summed E-state index contributed by atoms with van der Waals surface area (Å²) in [5.74, 6) is 10.8. The Morgan fingerprint density at radius 2 is 2.03 bits per heavy atom. The highest BCUT2D eigenvalue weighted by Gasteiger charge is 2.44. The van der Waals surface area contributed by atoms with Crippen LogP contribution >= 0.6 is 0 Å². The minimum Gasteiger partial charge on any atom is -0.480 e. The highest BCUT2D eigenvalue weighted by molar-refractivity contribution is 7.92. The number of amides is 1. The van der Waals surface area contributed by atoms with E-state index in [2.05, 4.69) is 28.6 Å². The number of ether oxygens (including phenoxy) is 1. The fourth-order valence-electron chi connectivity index (χ4n) is 3.84. The van der Waals surface area contributed by atoms with Gasteiger partial charge in [0.05, 0.1) is 25.8 Å². The van der Waals surface area contributed by atoms with E-state index in [1.165, 1.54) is 16.4 Å². The Bertz CT molecular complexity index is 1170. The van der Waals surface area contributed by atoms with E-state index in [1.807, 2.05) is 0 Å². The highest BCUT2D eigenvalue weighted by Crippen LogP contribution is 2.25. The molecule has 1 atom stereocenters. The molecule has 1 aromatic heterocycles. The molecule has 170 valence electrons. The average molecular weight is 460 g/mol. The highest BCUT2D eigenvalue weighted by atomic mass is 32.2. The topological polar surface area (TPSA) is 109 Å². The number of aromatic nitrogens is 1. The molecule has 1 aromatic rings. The second kappa shape index (κ2) is 8.28. The van der Waals surface area contributed by atoms with Crippen molar-refractivity contribution in [2.45, 2.75) is 30.7 Å². The second-order valence-corrected chi connectivity index (χ2v) is 11.2. The summed E-state index contributed by atoms with van der Waals surface area (Å²) in [4.78, 5) is 27.9. The van der Waals surface area contributed by atoms with Crippen LogP contribution in [0.3, 0.4) is 0 Å². The largest absolute Gasteiger partial charge is 0.480 e. The van der Waals surface area contributed by atoms with Crippen molar-refractivity contribution in [3.63, 3.8) is 0 Å². The molecule has 3 aliphatic heterocycles. The SMILES string of the molecule is CC(CCN1Cc2cc(C#CC#CC3CN(C4COC4)C3)cn2C1=O)(C(=O)O)S(C)(=O)=O. The molecule has 0 aromatic carbocycles. The van der Waals surface area contributed by atoms with E-state index in [-0.39, 0.29) is 25.5 Å². The summed E-state index contributed by atoms with van der Waals surface area (Å²) in [5.41, 5.74) is 1.40. The minimum atomic E-state index is -3.84.